The highest BCUT2D eigenvalue weighted by Gasteiger charge is 2.30. The summed E-state index contributed by atoms with van der Waals surface area (Å²) in [4.78, 5) is 0. The summed E-state index contributed by atoms with van der Waals surface area (Å²) in [7, 11) is 0. The van der Waals surface area contributed by atoms with Gasteiger partial charge in [-0.05, 0) is 86.3 Å². The monoisotopic (exact) mass is 454 g/mol. The standard InChI is InChI=1S/C32H54O/c1-3-5-6-7-8-9-10-26-33-32-24-18-29(19-25-32)13-12-28-16-22-31(23-17-28)30-20-14-27(11-4-2)15-21-30/h18-19,24-25,27-28,30-31H,3-17,20-23,26H2,1-2H3/t27-,28-,30-,31-. The van der Waals surface area contributed by atoms with Gasteiger partial charge in [0.05, 0.1) is 6.61 Å². The fourth-order valence-electron chi connectivity index (χ4n) is 6.68. The van der Waals surface area contributed by atoms with Crippen molar-refractivity contribution in [3.8, 4) is 5.75 Å². The summed E-state index contributed by atoms with van der Waals surface area (Å²) < 4.78 is 5.97. The van der Waals surface area contributed by atoms with Crippen LogP contribution in [0.2, 0.25) is 0 Å². The lowest BCUT2D eigenvalue weighted by Gasteiger charge is -2.38. The Labute approximate surface area is 206 Å². The van der Waals surface area contributed by atoms with E-state index in [9.17, 15) is 0 Å². The first kappa shape index (κ1) is 26.6. The molecular formula is C32H54O. The Hall–Kier alpha value is -0.980. The molecule has 0 N–H and O–H groups in total. The second-order valence-corrected chi connectivity index (χ2v) is 11.5. The molecule has 0 unspecified atom stereocenters. The summed E-state index contributed by atoms with van der Waals surface area (Å²) in [5.74, 6) is 5.19. The number of aryl methyl sites for hydroxylation is 1. The van der Waals surface area contributed by atoms with Crippen LogP contribution in [-0.2, 0) is 6.42 Å². The third-order valence-corrected chi connectivity index (χ3v) is 8.93. The highest BCUT2D eigenvalue weighted by atomic mass is 16.5. The fourth-order valence-corrected chi connectivity index (χ4v) is 6.68. The van der Waals surface area contributed by atoms with Crippen molar-refractivity contribution in [2.45, 2.75) is 136 Å². The predicted molar refractivity (Wildman–Crippen MR) is 144 cm³/mol. The predicted octanol–water partition coefficient (Wildman–Crippen LogP) is 10.2. The molecule has 0 aromatic heterocycles. The molecule has 188 valence electrons. The van der Waals surface area contributed by atoms with Crippen LogP contribution in [0, 0.1) is 23.7 Å². The lowest BCUT2D eigenvalue weighted by molar-refractivity contribution is 0.141. The van der Waals surface area contributed by atoms with Crippen molar-refractivity contribution in [2.24, 2.45) is 23.7 Å². The molecule has 0 saturated heterocycles. The van der Waals surface area contributed by atoms with Gasteiger partial charge in [0.15, 0.2) is 0 Å². The van der Waals surface area contributed by atoms with Gasteiger partial charge in [0, 0.05) is 0 Å². The van der Waals surface area contributed by atoms with Crippen LogP contribution in [0.15, 0.2) is 24.3 Å². The maximum Gasteiger partial charge on any atom is 0.119 e. The van der Waals surface area contributed by atoms with Crippen molar-refractivity contribution < 1.29 is 4.74 Å². The van der Waals surface area contributed by atoms with Gasteiger partial charge in [-0.3, -0.25) is 0 Å². The molecule has 1 nitrogen and oxygen atoms in total. The summed E-state index contributed by atoms with van der Waals surface area (Å²) >= 11 is 0. The van der Waals surface area contributed by atoms with E-state index in [0.29, 0.717) is 0 Å². The lowest BCUT2D eigenvalue weighted by Crippen LogP contribution is -2.26. The molecule has 0 heterocycles. The van der Waals surface area contributed by atoms with Gasteiger partial charge in [-0.1, -0.05) is 103 Å². The van der Waals surface area contributed by atoms with Gasteiger partial charge in [0.1, 0.15) is 5.75 Å². The maximum atomic E-state index is 5.97. The van der Waals surface area contributed by atoms with E-state index in [-0.39, 0.29) is 0 Å². The third kappa shape index (κ3) is 10.0. The minimum Gasteiger partial charge on any atom is -0.494 e. The molecule has 0 aliphatic heterocycles. The minimum atomic E-state index is 0.872. The van der Waals surface area contributed by atoms with Gasteiger partial charge in [0.25, 0.3) is 0 Å². The first-order chi connectivity index (χ1) is 16.3. The average Bonchev–Trinajstić information content (AvgIpc) is 2.86. The molecular weight excluding hydrogens is 400 g/mol. The van der Waals surface area contributed by atoms with Gasteiger partial charge in [-0.15, -0.1) is 0 Å². The molecule has 0 spiro atoms. The second kappa shape index (κ2) is 15.8. The molecule has 3 rings (SSSR count). The van der Waals surface area contributed by atoms with E-state index in [2.05, 4.69) is 38.1 Å². The number of hydrogen-bond acceptors (Lipinski definition) is 1. The Balaban J connectivity index is 1.24. The molecule has 1 aromatic carbocycles. The quantitative estimate of drug-likeness (QED) is 0.239. The summed E-state index contributed by atoms with van der Waals surface area (Å²) in [6.07, 6.45) is 27.0. The number of rotatable bonds is 15. The normalized spacial score (nSPS) is 25.8. The molecule has 2 aliphatic carbocycles. The first-order valence-corrected chi connectivity index (χ1v) is 15.0. The molecule has 0 amide bonds. The summed E-state index contributed by atoms with van der Waals surface area (Å²) in [6.45, 7) is 5.51. The zero-order valence-corrected chi connectivity index (χ0v) is 22.2. The van der Waals surface area contributed by atoms with Crippen LogP contribution in [0.25, 0.3) is 0 Å². The van der Waals surface area contributed by atoms with Crippen LogP contribution < -0.4 is 4.74 Å². The number of unbranched alkanes of at least 4 members (excludes halogenated alkanes) is 6. The topological polar surface area (TPSA) is 9.23 Å². The number of ether oxygens (including phenoxy) is 1. The molecule has 0 radical (unpaired) electrons. The van der Waals surface area contributed by atoms with Gasteiger partial charge < -0.3 is 4.74 Å². The fraction of sp³-hybridized carbons (Fsp3) is 0.812. The molecule has 2 fully saturated rings. The van der Waals surface area contributed by atoms with Gasteiger partial charge in [-0.25, -0.2) is 0 Å². The van der Waals surface area contributed by atoms with Crippen molar-refractivity contribution in [3.05, 3.63) is 29.8 Å². The Morgan fingerprint density at radius 1 is 0.606 bits per heavy atom. The van der Waals surface area contributed by atoms with Crippen molar-refractivity contribution >= 4 is 0 Å². The van der Waals surface area contributed by atoms with Gasteiger partial charge in [0.2, 0.25) is 0 Å². The largest absolute Gasteiger partial charge is 0.494 e. The van der Waals surface area contributed by atoms with E-state index in [4.69, 9.17) is 4.74 Å². The molecule has 0 atom stereocenters. The van der Waals surface area contributed by atoms with Crippen molar-refractivity contribution in [3.63, 3.8) is 0 Å². The van der Waals surface area contributed by atoms with E-state index >= 15 is 0 Å². The van der Waals surface area contributed by atoms with Crippen molar-refractivity contribution in [1.29, 1.82) is 0 Å². The zero-order chi connectivity index (χ0) is 23.1. The smallest absolute Gasteiger partial charge is 0.119 e. The second-order valence-electron chi connectivity index (χ2n) is 11.5. The highest BCUT2D eigenvalue weighted by molar-refractivity contribution is 5.27. The van der Waals surface area contributed by atoms with Crippen LogP contribution >= 0.6 is 0 Å². The highest BCUT2D eigenvalue weighted by Crippen LogP contribution is 2.43. The Bertz CT molecular complexity index is 589. The zero-order valence-electron chi connectivity index (χ0n) is 22.2. The van der Waals surface area contributed by atoms with Crippen LogP contribution in [0.3, 0.4) is 0 Å². The summed E-state index contributed by atoms with van der Waals surface area (Å²) in [5.41, 5.74) is 1.50. The third-order valence-electron chi connectivity index (χ3n) is 8.93. The van der Waals surface area contributed by atoms with E-state index in [1.54, 1.807) is 0 Å². The van der Waals surface area contributed by atoms with Crippen molar-refractivity contribution in [1.82, 2.24) is 0 Å². The number of hydrogen-bond donors (Lipinski definition) is 0. The van der Waals surface area contributed by atoms with Gasteiger partial charge >= 0.3 is 0 Å². The molecule has 0 bridgehead atoms. The summed E-state index contributed by atoms with van der Waals surface area (Å²) in [6, 6.07) is 9.01. The molecule has 1 heteroatoms. The van der Waals surface area contributed by atoms with E-state index < -0.39 is 0 Å². The molecule has 2 saturated carbocycles. The van der Waals surface area contributed by atoms with Gasteiger partial charge in [-0.2, -0.15) is 0 Å². The molecule has 1 aromatic rings. The maximum absolute atomic E-state index is 5.97. The Morgan fingerprint density at radius 3 is 1.73 bits per heavy atom. The van der Waals surface area contributed by atoms with Crippen LogP contribution in [0.4, 0.5) is 0 Å². The molecule has 33 heavy (non-hydrogen) atoms. The van der Waals surface area contributed by atoms with Crippen LogP contribution in [0.1, 0.15) is 135 Å². The SMILES string of the molecule is CCCCCCCCCOc1ccc(CC[C@H]2CC[C@H]([C@H]3CC[C@H](CCC)CC3)CC2)cc1. The minimum absolute atomic E-state index is 0.872. The number of benzene rings is 1. The molecule has 2 aliphatic rings. The van der Waals surface area contributed by atoms with E-state index in [1.807, 2.05) is 0 Å². The van der Waals surface area contributed by atoms with Crippen molar-refractivity contribution in [2.75, 3.05) is 6.61 Å². The Morgan fingerprint density at radius 2 is 1.15 bits per heavy atom. The lowest BCUT2D eigenvalue weighted by atomic mass is 9.68. The van der Waals surface area contributed by atoms with E-state index in [0.717, 1.165) is 36.0 Å². The van der Waals surface area contributed by atoms with Crippen LogP contribution in [0.5, 0.6) is 5.75 Å². The average molecular weight is 455 g/mol. The Kier molecular flexibility index (Phi) is 12.8. The van der Waals surface area contributed by atoms with Crippen LogP contribution in [-0.4, -0.2) is 6.61 Å². The first-order valence-electron chi connectivity index (χ1n) is 15.0. The van der Waals surface area contributed by atoms with E-state index in [1.165, 1.54) is 128 Å². The summed E-state index contributed by atoms with van der Waals surface area (Å²) in [5, 5.41) is 0.